The summed E-state index contributed by atoms with van der Waals surface area (Å²) in [5.41, 5.74) is 4.21. The van der Waals surface area contributed by atoms with Crippen LogP contribution in [0.2, 0.25) is 0 Å². The van der Waals surface area contributed by atoms with Crippen LogP contribution in [0.4, 0.5) is 0 Å². The first kappa shape index (κ1) is 12.4. The van der Waals surface area contributed by atoms with E-state index in [1.807, 2.05) is 49.4 Å². The molecule has 0 heterocycles. The Morgan fingerprint density at radius 1 is 1.06 bits per heavy atom. The van der Waals surface area contributed by atoms with Crippen LogP contribution in [-0.2, 0) is 4.79 Å². The standard InChI is InChI=1S/C16H16O2/c1-11-5-3-7-14(9-11)15-8-4-6-13(10-15)12(2)16(17)18/h3-10,12H,1-2H3,(H,17,18). The molecule has 0 amide bonds. The summed E-state index contributed by atoms with van der Waals surface area (Å²) in [6.45, 7) is 3.75. The number of rotatable bonds is 3. The van der Waals surface area contributed by atoms with Gasteiger partial charge in [-0.1, -0.05) is 54.1 Å². The Kier molecular flexibility index (Phi) is 3.47. The summed E-state index contributed by atoms with van der Waals surface area (Å²) in [6.07, 6.45) is 0. The number of carbonyl (C=O) groups is 1. The molecule has 0 fully saturated rings. The number of carboxylic acid groups (broad SMARTS) is 1. The number of hydrogen-bond donors (Lipinski definition) is 1. The fourth-order valence-corrected chi connectivity index (χ4v) is 1.95. The number of aryl methyl sites for hydroxylation is 1. The Labute approximate surface area is 107 Å². The Morgan fingerprint density at radius 3 is 2.28 bits per heavy atom. The van der Waals surface area contributed by atoms with Gasteiger partial charge in [-0.2, -0.15) is 0 Å². The van der Waals surface area contributed by atoms with Crippen molar-refractivity contribution in [1.82, 2.24) is 0 Å². The van der Waals surface area contributed by atoms with Crippen molar-refractivity contribution in [3.05, 3.63) is 59.7 Å². The van der Waals surface area contributed by atoms with Gasteiger partial charge in [-0.3, -0.25) is 4.79 Å². The smallest absolute Gasteiger partial charge is 0.310 e. The molecule has 0 aliphatic heterocycles. The lowest BCUT2D eigenvalue weighted by Crippen LogP contribution is -2.07. The monoisotopic (exact) mass is 240 g/mol. The van der Waals surface area contributed by atoms with Crippen molar-refractivity contribution in [2.45, 2.75) is 19.8 Å². The third-order valence-corrected chi connectivity index (χ3v) is 3.11. The van der Waals surface area contributed by atoms with Gasteiger partial charge in [0.05, 0.1) is 5.92 Å². The lowest BCUT2D eigenvalue weighted by Gasteiger charge is -2.09. The summed E-state index contributed by atoms with van der Waals surface area (Å²) < 4.78 is 0. The van der Waals surface area contributed by atoms with Crippen molar-refractivity contribution >= 4 is 5.97 Å². The molecule has 0 radical (unpaired) electrons. The normalized spacial score (nSPS) is 12.1. The molecule has 18 heavy (non-hydrogen) atoms. The van der Waals surface area contributed by atoms with Gasteiger partial charge in [0.25, 0.3) is 0 Å². The fraction of sp³-hybridized carbons (Fsp3) is 0.188. The molecule has 0 aliphatic rings. The van der Waals surface area contributed by atoms with Gasteiger partial charge >= 0.3 is 5.97 Å². The van der Waals surface area contributed by atoms with Crippen molar-refractivity contribution in [3.8, 4) is 11.1 Å². The van der Waals surface area contributed by atoms with Crippen molar-refractivity contribution in [2.75, 3.05) is 0 Å². The molecule has 0 saturated heterocycles. The molecular formula is C16H16O2. The van der Waals surface area contributed by atoms with Crippen molar-refractivity contribution in [2.24, 2.45) is 0 Å². The number of hydrogen-bond acceptors (Lipinski definition) is 1. The number of benzene rings is 2. The highest BCUT2D eigenvalue weighted by Crippen LogP contribution is 2.24. The first-order chi connectivity index (χ1) is 8.58. The summed E-state index contributed by atoms with van der Waals surface area (Å²) in [5, 5.41) is 9.04. The molecule has 0 aliphatic carbocycles. The molecule has 1 N–H and O–H groups in total. The van der Waals surface area contributed by atoms with E-state index in [1.165, 1.54) is 5.56 Å². The van der Waals surface area contributed by atoms with Crippen LogP contribution in [-0.4, -0.2) is 11.1 Å². The van der Waals surface area contributed by atoms with Gasteiger partial charge in [0.15, 0.2) is 0 Å². The molecule has 0 saturated carbocycles. The van der Waals surface area contributed by atoms with Crippen LogP contribution in [0.5, 0.6) is 0 Å². The summed E-state index contributed by atoms with van der Waals surface area (Å²) in [6, 6.07) is 15.9. The van der Waals surface area contributed by atoms with E-state index in [2.05, 4.69) is 6.07 Å². The van der Waals surface area contributed by atoms with Gasteiger partial charge in [-0.15, -0.1) is 0 Å². The summed E-state index contributed by atoms with van der Waals surface area (Å²) in [4.78, 5) is 11.0. The second-order valence-electron chi connectivity index (χ2n) is 4.55. The SMILES string of the molecule is Cc1cccc(-c2cccc(C(C)C(=O)O)c2)c1. The molecule has 1 atom stereocenters. The quantitative estimate of drug-likeness (QED) is 0.884. The first-order valence-corrected chi connectivity index (χ1v) is 5.98. The van der Waals surface area contributed by atoms with Crippen LogP contribution in [0.15, 0.2) is 48.5 Å². The summed E-state index contributed by atoms with van der Waals surface area (Å²) in [7, 11) is 0. The number of aliphatic carboxylic acids is 1. The van der Waals surface area contributed by atoms with E-state index in [1.54, 1.807) is 6.92 Å². The molecular weight excluding hydrogens is 224 g/mol. The van der Waals surface area contributed by atoms with Gasteiger partial charge in [-0.25, -0.2) is 0 Å². The van der Waals surface area contributed by atoms with E-state index in [9.17, 15) is 4.79 Å². The van der Waals surface area contributed by atoms with Gasteiger partial charge in [0.1, 0.15) is 0 Å². The lowest BCUT2D eigenvalue weighted by atomic mass is 9.96. The first-order valence-electron chi connectivity index (χ1n) is 5.98. The second-order valence-corrected chi connectivity index (χ2v) is 4.55. The van der Waals surface area contributed by atoms with Crippen molar-refractivity contribution in [1.29, 1.82) is 0 Å². The maximum absolute atomic E-state index is 11.0. The van der Waals surface area contributed by atoms with Crippen molar-refractivity contribution < 1.29 is 9.90 Å². The maximum Gasteiger partial charge on any atom is 0.310 e. The minimum atomic E-state index is -0.795. The molecule has 92 valence electrons. The third-order valence-electron chi connectivity index (χ3n) is 3.11. The fourth-order valence-electron chi connectivity index (χ4n) is 1.95. The minimum Gasteiger partial charge on any atom is -0.481 e. The summed E-state index contributed by atoms with van der Waals surface area (Å²) in [5.74, 6) is -1.27. The lowest BCUT2D eigenvalue weighted by molar-refractivity contribution is -0.138. The Hall–Kier alpha value is -2.09. The van der Waals surface area contributed by atoms with Gasteiger partial charge in [0, 0.05) is 0 Å². The zero-order chi connectivity index (χ0) is 13.1. The topological polar surface area (TPSA) is 37.3 Å². The Balaban J connectivity index is 2.41. The van der Waals surface area contributed by atoms with E-state index in [0.29, 0.717) is 0 Å². The van der Waals surface area contributed by atoms with Crippen LogP contribution in [0, 0.1) is 6.92 Å². The van der Waals surface area contributed by atoms with Crippen LogP contribution in [0.3, 0.4) is 0 Å². The largest absolute Gasteiger partial charge is 0.481 e. The van der Waals surface area contributed by atoms with Gasteiger partial charge in [0.2, 0.25) is 0 Å². The van der Waals surface area contributed by atoms with E-state index in [4.69, 9.17) is 5.11 Å². The molecule has 0 spiro atoms. The highest BCUT2D eigenvalue weighted by Gasteiger charge is 2.13. The predicted octanol–water partition coefficient (Wildman–Crippen LogP) is 3.85. The van der Waals surface area contributed by atoms with Crippen LogP contribution >= 0.6 is 0 Å². The molecule has 2 rings (SSSR count). The predicted molar refractivity (Wildman–Crippen MR) is 72.7 cm³/mol. The van der Waals surface area contributed by atoms with Gasteiger partial charge < -0.3 is 5.11 Å². The van der Waals surface area contributed by atoms with Crippen LogP contribution in [0.1, 0.15) is 24.0 Å². The maximum atomic E-state index is 11.0. The van der Waals surface area contributed by atoms with Gasteiger partial charge in [-0.05, 0) is 30.5 Å². The second kappa shape index (κ2) is 5.05. The average Bonchev–Trinajstić information content (AvgIpc) is 2.38. The summed E-state index contributed by atoms with van der Waals surface area (Å²) >= 11 is 0. The van der Waals surface area contributed by atoms with E-state index in [-0.39, 0.29) is 0 Å². The molecule has 2 heteroatoms. The zero-order valence-electron chi connectivity index (χ0n) is 10.6. The number of carboxylic acids is 1. The zero-order valence-corrected chi connectivity index (χ0v) is 10.6. The Morgan fingerprint density at radius 2 is 1.67 bits per heavy atom. The molecule has 2 aromatic rings. The highest BCUT2D eigenvalue weighted by molar-refractivity contribution is 5.76. The highest BCUT2D eigenvalue weighted by atomic mass is 16.4. The molecule has 1 unspecified atom stereocenters. The molecule has 2 nitrogen and oxygen atoms in total. The molecule has 0 aromatic heterocycles. The molecule has 0 bridgehead atoms. The third kappa shape index (κ3) is 2.59. The van der Waals surface area contributed by atoms with E-state index < -0.39 is 11.9 Å². The van der Waals surface area contributed by atoms with E-state index in [0.717, 1.165) is 16.7 Å². The molecule has 2 aromatic carbocycles. The van der Waals surface area contributed by atoms with Crippen LogP contribution < -0.4 is 0 Å². The Bertz CT molecular complexity index is 573. The van der Waals surface area contributed by atoms with Crippen LogP contribution in [0.25, 0.3) is 11.1 Å². The van der Waals surface area contributed by atoms with E-state index >= 15 is 0 Å². The minimum absolute atomic E-state index is 0.477. The average molecular weight is 240 g/mol. The van der Waals surface area contributed by atoms with Crippen molar-refractivity contribution in [3.63, 3.8) is 0 Å².